The molecule has 20 heavy (non-hydrogen) atoms. The number of carbonyl (C=O) groups is 1. The fraction of sp³-hybridized carbons (Fsp3) is 0.600. The van der Waals surface area contributed by atoms with E-state index in [-0.39, 0.29) is 24.1 Å². The maximum Gasteiger partial charge on any atom is 0.314 e. The lowest BCUT2D eigenvalue weighted by atomic mass is 10.3. The molecule has 0 aliphatic heterocycles. The van der Waals surface area contributed by atoms with Gasteiger partial charge in [-0.1, -0.05) is 0 Å². The van der Waals surface area contributed by atoms with Crippen LogP contribution in [0.1, 0.15) is 40.5 Å². The van der Waals surface area contributed by atoms with Crippen molar-refractivity contribution < 1.29 is 19.0 Å². The van der Waals surface area contributed by atoms with Gasteiger partial charge in [0.1, 0.15) is 5.75 Å². The van der Waals surface area contributed by atoms with Crippen LogP contribution in [0.4, 0.5) is 0 Å². The highest BCUT2D eigenvalue weighted by molar-refractivity contribution is 5.78. The highest BCUT2D eigenvalue weighted by Gasteiger charge is 2.32. The molecule has 5 heteroatoms. The standard InChI is InChI=1S/C15H21NO4/c1-9(2)18-12-7-13(20-15(17)11-5-6-11)14(16-8-12)19-10(3)4/h7-11H,5-6H2,1-4H3. The molecule has 110 valence electrons. The van der Waals surface area contributed by atoms with Crippen LogP contribution < -0.4 is 14.2 Å². The van der Waals surface area contributed by atoms with E-state index in [9.17, 15) is 4.79 Å². The zero-order valence-electron chi connectivity index (χ0n) is 12.4. The van der Waals surface area contributed by atoms with Gasteiger partial charge in [0.15, 0.2) is 5.75 Å². The first-order valence-electron chi connectivity index (χ1n) is 7.00. The van der Waals surface area contributed by atoms with Gasteiger partial charge in [-0.05, 0) is 40.5 Å². The lowest BCUT2D eigenvalue weighted by Gasteiger charge is -2.15. The second-order valence-electron chi connectivity index (χ2n) is 5.50. The Balaban J connectivity index is 2.19. The van der Waals surface area contributed by atoms with Crippen molar-refractivity contribution in [2.24, 2.45) is 5.92 Å². The Labute approximate surface area is 119 Å². The minimum atomic E-state index is -0.220. The van der Waals surface area contributed by atoms with Gasteiger partial charge in [0.25, 0.3) is 5.88 Å². The molecule has 0 unspecified atom stereocenters. The summed E-state index contributed by atoms with van der Waals surface area (Å²) in [4.78, 5) is 16.0. The molecule has 1 heterocycles. The summed E-state index contributed by atoms with van der Waals surface area (Å²) < 4.78 is 16.5. The summed E-state index contributed by atoms with van der Waals surface area (Å²) in [6.07, 6.45) is 3.36. The second kappa shape index (κ2) is 6.11. The Morgan fingerprint density at radius 2 is 1.85 bits per heavy atom. The Hall–Kier alpha value is -1.78. The molecule has 0 saturated heterocycles. The van der Waals surface area contributed by atoms with Gasteiger partial charge >= 0.3 is 5.97 Å². The van der Waals surface area contributed by atoms with Crippen LogP contribution in [0.2, 0.25) is 0 Å². The van der Waals surface area contributed by atoms with Gasteiger partial charge in [0, 0.05) is 6.07 Å². The van der Waals surface area contributed by atoms with Crippen LogP contribution in [0, 0.1) is 5.92 Å². The van der Waals surface area contributed by atoms with Gasteiger partial charge in [-0.15, -0.1) is 0 Å². The van der Waals surface area contributed by atoms with E-state index in [0.717, 1.165) is 12.8 Å². The van der Waals surface area contributed by atoms with E-state index in [2.05, 4.69) is 4.98 Å². The fourth-order valence-electron chi connectivity index (χ4n) is 1.65. The summed E-state index contributed by atoms with van der Waals surface area (Å²) in [6, 6.07) is 1.66. The Morgan fingerprint density at radius 1 is 1.20 bits per heavy atom. The molecule has 0 atom stereocenters. The number of rotatable bonds is 6. The molecule has 1 fully saturated rings. The van der Waals surface area contributed by atoms with Crippen molar-refractivity contribution in [1.82, 2.24) is 4.98 Å². The average Bonchev–Trinajstić information content (AvgIpc) is 3.15. The second-order valence-corrected chi connectivity index (χ2v) is 5.50. The van der Waals surface area contributed by atoms with Gasteiger partial charge in [-0.3, -0.25) is 4.79 Å². The topological polar surface area (TPSA) is 57.6 Å². The summed E-state index contributed by atoms with van der Waals surface area (Å²) in [5, 5.41) is 0. The molecule has 0 spiro atoms. The van der Waals surface area contributed by atoms with E-state index in [4.69, 9.17) is 14.2 Å². The van der Waals surface area contributed by atoms with Crippen LogP contribution >= 0.6 is 0 Å². The monoisotopic (exact) mass is 279 g/mol. The molecule has 0 N–H and O–H groups in total. The Kier molecular flexibility index (Phi) is 4.47. The number of hydrogen-bond acceptors (Lipinski definition) is 5. The van der Waals surface area contributed by atoms with E-state index < -0.39 is 0 Å². The normalized spacial score (nSPS) is 14.5. The summed E-state index contributed by atoms with van der Waals surface area (Å²) in [5.41, 5.74) is 0. The molecule has 1 aromatic rings. The molecule has 5 nitrogen and oxygen atoms in total. The molecule has 0 radical (unpaired) electrons. The van der Waals surface area contributed by atoms with Crippen LogP contribution in [0.25, 0.3) is 0 Å². The zero-order valence-corrected chi connectivity index (χ0v) is 12.4. The zero-order chi connectivity index (χ0) is 14.7. The van der Waals surface area contributed by atoms with Crippen molar-refractivity contribution >= 4 is 5.97 Å². The molecule has 0 amide bonds. The van der Waals surface area contributed by atoms with Crippen molar-refractivity contribution in [3.05, 3.63) is 12.3 Å². The summed E-state index contributed by atoms with van der Waals surface area (Å²) in [7, 11) is 0. The molecular weight excluding hydrogens is 258 g/mol. The van der Waals surface area contributed by atoms with Gasteiger partial charge in [0.2, 0.25) is 0 Å². The minimum absolute atomic E-state index is 0.0246. The number of carbonyl (C=O) groups excluding carboxylic acids is 1. The number of nitrogens with zero attached hydrogens (tertiary/aromatic N) is 1. The van der Waals surface area contributed by atoms with E-state index in [1.165, 1.54) is 0 Å². The molecule has 0 bridgehead atoms. The van der Waals surface area contributed by atoms with E-state index in [0.29, 0.717) is 17.4 Å². The average molecular weight is 279 g/mol. The van der Waals surface area contributed by atoms with E-state index in [1.54, 1.807) is 12.3 Å². The Morgan fingerprint density at radius 3 is 2.40 bits per heavy atom. The molecule has 1 aromatic heterocycles. The molecule has 1 saturated carbocycles. The van der Waals surface area contributed by atoms with E-state index >= 15 is 0 Å². The first-order valence-corrected chi connectivity index (χ1v) is 7.00. The maximum absolute atomic E-state index is 11.8. The van der Waals surface area contributed by atoms with Gasteiger partial charge in [-0.25, -0.2) is 4.98 Å². The first kappa shape index (κ1) is 14.6. The van der Waals surface area contributed by atoms with Crippen molar-refractivity contribution in [3.8, 4) is 17.4 Å². The van der Waals surface area contributed by atoms with Crippen LogP contribution in [0.15, 0.2) is 12.3 Å². The number of hydrogen-bond donors (Lipinski definition) is 0. The molecule has 2 rings (SSSR count). The first-order chi connectivity index (χ1) is 9.45. The number of ether oxygens (including phenoxy) is 3. The smallest absolute Gasteiger partial charge is 0.314 e. The highest BCUT2D eigenvalue weighted by Crippen LogP contribution is 2.35. The summed E-state index contributed by atoms with van der Waals surface area (Å²) in [5.74, 6) is 1.02. The van der Waals surface area contributed by atoms with Crippen LogP contribution in [-0.2, 0) is 4.79 Å². The van der Waals surface area contributed by atoms with Gasteiger partial charge in [-0.2, -0.15) is 0 Å². The van der Waals surface area contributed by atoms with Gasteiger partial charge < -0.3 is 14.2 Å². The minimum Gasteiger partial charge on any atom is -0.489 e. The maximum atomic E-state index is 11.8. The summed E-state index contributed by atoms with van der Waals surface area (Å²) in [6.45, 7) is 7.64. The molecular formula is C15H21NO4. The van der Waals surface area contributed by atoms with Crippen molar-refractivity contribution in [3.63, 3.8) is 0 Å². The number of esters is 1. The molecule has 0 aromatic carbocycles. The SMILES string of the molecule is CC(C)Oc1cnc(OC(C)C)c(OC(=O)C2CC2)c1. The van der Waals surface area contributed by atoms with Crippen LogP contribution in [0.3, 0.4) is 0 Å². The number of pyridine rings is 1. The predicted octanol–water partition coefficient (Wildman–Crippen LogP) is 2.97. The predicted molar refractivity (Wildman–Crippen MR) is 74.1 cm³/mol. The lowest BCUT2D eigenvalue weighted by Crippen LogP contribution is -2.14. The summed E-state index contributed by atoms with van der Waals surface area (Å²) >= 11 is 0. The van der Waals surface area contributed by atoms with Crippen molar-refractivity contribution in [2.45, 2.75) is 52.7 Å². The fourth-order valence-corrected chi connectivity index (χ4v) is 1.65. The van der Waals surface area contributed by atoms with Crippen molar-refractivity contribution in [1.29, 1.82) is 0 Å². The quantitative estimate of drug-likeness (QED) is 0.749. The largest absolute Gasteiger partial charge is 0.489 e. The molecule has 1 aliphatic rings. The van der Waals surface area contributed by atoms with Crippen LogP contribution in [0.5, 0.6) is 17.4 Å². The third kappa shape index (κ3) is 4.11. The van der Waals surface area contributed by atoms with Crippen LogP contribution in [-0.4, -0.2) is 23.2 Å². The van der Waals surface area contributed by atoms with Gasteiger partial charge in [0.05, 0.1) is 24.3 Å². The third-order valence-electron chi connectivity index (χ3n) is 2.63. The third-order valence-corrected chi connectivity index (χ3v) is 2.63. The lowest BCUT2D eigenvalue weighted by molar-refractivity contribution is -0.135. The van der Waals surface area contributed by atoms with Crippen molar-refractivity contribution in [2.75, 3.05) is 0 Å². The molecule has 1 aliphatic carbocycles. The number of aromatic nitrogens is 1. The van der Waals surface area contributed by atoms with E-state index in [1.807, 2.05) is 27.7 Å². The highest BCUT2D eigenvalue weighted by atomic mass is 16.6. The Bertz CT molecular complexity index is 481.